The molecule has 7 heteroatoms. The van der Waals surface area contributed by atoms with Gasteiger partial charge in [-0.3, -0.25) is 9.48 Å². The zero-order chi connectivity index (χ0) is 13.8. The summed E-state index contributed by atoms with van der Waals surface area (Å²) in [6.45, 7) is 4.31. The maximum Gasteiger partial charge on any atom is 0.241 e. The van der Waals surface area contributed by atoms with Crippen LogP contribution in [0, 0.1) is 6.92 Å². The summed E-state index contributed by atoms with van der Waals surface area (Å²) in [7, 11) is 1.61. The number of nitrogens with one attached hydrogen (secondary N) is 2. The monoisotopic (exact) mass is 279 g/mol. The van der Waals surface area contributed by atoms with E-state index in [1.165, 1.54) is 4.88 Å². The summed E-state index contributed by atoms with van der Waals surface area (Å²) in [5.74, 6) is -0.0685. The van der Waals surface area contributed by atoms with E-state index in [1.54, 1.807) is 29.3 Å². The minimum Gasteiger partial charge on any atom is -0.375 e. The lowest BCUT2D eigenvalue weighted by molar-refractivity contribution is -0.121. The van der Waals surface area contributed by atoms with Crippen LogP contribution < -0.4 is 10.6 Å². The highest BCUT2D eigenvalue weighted by molar-refractivity contribution is 7.09. The molecule has 2 aromatic heterocycles. The number of rotatable bonds is 5. The smallest absolute Gasteiger partial charge is 0.241 e. The summed E-state index contributed by atoms with van der Waals surface area (Å²) in [6, 6.07) is 0.171. The van der Waals surface area contributed by atoms with Gasteiger partial charge >= 0.3 is 0 Å². The van der Waals surface area contributed by atoms with E-state index in [2.05, 4.69) is 27.6 Å². The molecule has 0 aromatic carbocycles. The Hall–Kier alpha value is -1.89. The van der Waals surface area contributed by atoms with Crippen LogP contribution in [0.25, 0.3) is 0 Å². The number of aromatic nitrogens is 3. The van der Waals surface area contributed by atoms with Gasteiger partial charge in [0.2, 0.25) is 5.91 Å². The van der Waals surface area contributed by atoms with E-state index >= 15 is 0 Å². The molecule has 2 heterocycles. The van der Waals surface area contributed by atoms with Crippen molar-refractivity contribution in [2.75, 3.05) is 12.4 Å². The third-order valence-corrected chi connectivity index (χ3v) is 3.89. The Bertz CT molecular complexity index is 562. The fourth-order valence-corrected chi connectivity index (χ4v) is 2.60. The number of hydrogen-bond acceptors (Lipinski definition) is 5. The number of anilines is 1. The van der Waals surface area contributed by atoms with Crippen LogP contribution in [0.15, 0.2) is 17.9 Å². The number of thiazole rings is 1. The molecule has 0 bridgehead atoms. The third kappa shape index (κ3) is 3.31. The zero-order valence-corrected chi connectivity index (χ0v) is 12.0. The molecule has 19 heavy (non-hydrogen) atoms. The maximum absolute atomic E-state index is 11.2. The van der Waals surface area contributed by atoms with Gasteiger partial charge in [0.05, 0.1) is 29.1 Å². The van der Waals surface area contributed by atoms with Gasteiger partial charge in [-0.25, -0.2) is 4.98 Å². The predicted molar refractivity (Wildman–Crippen MR) is 75.2 cm³/mol. The van der Waals surface area contributed by atoms with Crippen molar-refractivity contribution in [3.05, 3.63) is 28.5 Å². The molecular weight excluding hydrogens is 262 g/mol. The number of aryl methyl sites for hydroxylation is 1. The van der Waals surface area contributed by atoms with E-state index in [0.29, 0.717) is 0 Å². The van der Waals surface area contributed by atoms with Gasteiger partial charge in [-0.1, -0.05) is 0 Å². The molecule has 0 aliphatic carbocycles. The molecule has 1 unspecified atom stereocenters. The van der Waals surface area contributed by atoms with Crippen LogP contribution in [-0.4, -0.2) is 27.7 Å². The Morgan fingerprint density at radius 2 is 2.37 bits per heavy atom. The summed E-state index contributed by atoms with van der Waals surface area (Å²) in [5.41, 5.74) is 3.78. The highest BCUT2D eigenvalue weighted by atomic mass is 32.1. The first-order chi connectivity index (χ1) is 9.10. The second-order valence-corrected chi connectivity index (χ2v) is 5.15. The van der Waals surface area contributed by atoms with E-state index in [1.807, 2.05) is 18.6 Å². The van der Waals surface area contributed by atoms with Crippen molar-refractivity contribution in [3.8, 4) is 0 Å². The van der Waals surface area contributed by atoms with E-state index < -0.39 is 0 Å². The zero-order valence-electron chi connectivity index (χ0n) is 11.2. The number of carbonyl (C=O) groups excluding carboxylic acids is 1. The number of likely N-dealkylation sites (N-methyl/N-ethyl adjacent to an activating group) is 1. The fraction of sp³-hybridized carbons (Fsp3) is 0.417. The summed E-state index contributed by atoms with van der Waals surface area (Å²) < 4.78 is 1.60. The molecule has 2 N–H and O–H groups in total. The van der Waals surface area contributed by atoms with Crippen LogP contribution in [-0.2, 0) is 11.3 Å². The predicted octanol–water partition coefficient (Wildman–Crippen LogP) is 1.57. The van der Waals surface area contributed by atoms with Gasteiger partial charge < -0.3 is 10.6 Å². The van der Waals surface area contributed by atoms with E-state index in [4.69, 9.17) is 0 Å². The SMILES string of the molecule is CNC(=O)Cn1cc(NC(C)c2scnc2C)cn1. The average Bonchev–Trinajstić information content (AvgIpc) is 2.98. The number of nitrogens with zero attached hydrogens (tertiary/aromatic N) is 3. The van der Waals surface area contributed by atoms with Gasteiger partial charge in [-0.2, -0.15) is 5.10 Å². The Morgan fingerprint density at radius 3 is 3.00 bits per heavy atom. The first-order valence-corrected chi connectivity index (χ1v) is 6.87. The first-order valence-electron chi connectivity index (χ1n) is 5.99. The third-order valence-electron chi connectivity index (χ3n) is 2.78. The van der Waals surface area contributed by atoms with E-state index in [-0.39, 0.29) is 18.5 Å². The second kappa shape index (κ2) is 5.83. The normalized spacial score (nSPS) is 12.2. The molecule has 0 radical (unpaired) electrons. The standard InChI is InChI=1S/C12H17N5OS/c1-8-12(19-7-14-8)9(2)16-10-4-15-17(5-10)6-11(18)13-3/h4-5,7,9,16H,6H2,1-3H3,(H,13,18). The number of hydrogen-bond donors (Lipinski definition) is 2. The molecule has 0 spiro atoms. The number of amides is 1. The van der Waals surface area contributed by atoms with Gasteiger partial charge in [0, 0.05) is 18.1 Å². The van der Waals surface area contributed by atoms with E-state index in [9.17, 15) is 4.79 Å². The van der Waals surface area contributed by atoms with Gasteiger partial charge in [0.1, 0.15) is 6.54 Å². The van der Waals surface area contributed by atoms with Crippen LogP contribution in [0.2, 0.25) is 0 Å². The summed E-state index contributed by atoms with van der Waals surface area (Å²) in [6.07, 6.45) is 3.54. The average molecular weight is 279 g/mol. The second-order valence-electron chi connectivity index (χ2n) is 4.27. The minimum atomic E-state index is -0.0685. The Kier molecular flexibility index (Phi) is 4.16. The molecule has 1 atom stereocenters. The van der Waals surface area contributed by atoms with Crippen LogP contribution in [0.5, 0.6) is 0 Å². The van der Waals surface area contributed by atoms with Crippen molar-refractivity contribution in [3.63, 3.8) is 0 Å². The Morgan fingerprint density at radius 1 is 1.58 bits per heavy atom. The molecule has 6 nitrogen and oxygen atoms in total. The molecule has 1 amide bonds. The van der Waals surface area contributed by atoms with Crippen LogP contribution in [0.4, 0.5) is 5.69 Å². The minimum absolute atomic E-state index is 0.0685. The van der Waals surface area contributed by atoms with Gasteiger partial charge in [0.15, 0.2) is 0 Å². The fourth-order valence-electron chi connectivity index (χ4n) is 1.79. The molecule has 0 saturated carbocycles. The van der Waals surface area contributed by atoms with Gasteiger partial charge in [-0.05, 0) is 13.8 Å². The van der Waals surface area contributed by atoms with Crippen molar-refractivity contribution >= 4 is 22.9 Å². The highest BCUT2D eigenvalue weighted by Crippen LogP contribution is 2.24. The topological polar surface area (TPSA) is 71.8 Å². The highest BCUT2D eigenvalue weighted by Gasteiger charge is 2.12. The molecule has 0 aliphatic heterocycles. The maximum atomic E-state index is 11.2. The summed E-state index contributed by atoms with van der Waals surface area (Å²) in [5, 5.41) is 10.1. The van der Waals surface area contributed by atoms with Crippen molar-refractivity contribution in [2.24, 2.45) is 0 Å². The lowest BCUT2D eigenvalue weighted by atomic mass is 10.2. The Labute approximate surface area is 115 Å². The molecule has 2 rings (SSSR count). The molecule has 2 aromatic rings. The molecule has 0 aliphatic rings. The summed E-state index contributed by atoms with van der Waals surface area (Å²) in [4.78, 5) is 16.7. The molecule has 102 valence electrons. The quantitative estimate of drug-likeness (QED) is 0.871. The largest absolute Gasteiger partial charge is 0.375 e. The first kappa shape index (κ1) is 13.5. The molecular formula is C12H17N5OS. The van der Waals surface area contributed by atoms with Crippen molar-refractivity contribution < 1.29 is 4.79 Å². The van der Waals surface area contributed by atoms with Gasteiger partial charge in [-0.15, -0.1) is 11.3 Å². The lowest BCUT2D eigenvalue weighted by Gasteiger charge is -2.12. The van der Waals surface area contributed by atoms with Crippen LogP contribution in [0.3, 0.4) is 0 Å². The van der Waals surface area contributed by atoms with Crippen LogP contribution >= 0.6 is 11.3 Å². The molecule has 0 fully saturated rings. The Balaban J connectivity index is 2.00. The summed E-state index contributed by atoms with van der Waals surface area (Å²) >= 11 is 1.63. The van der Waals surface area contributed by atoms with Crippen molar-refractivity contribution in [1.82, 2.24) is 20.1 Å². The van der Waals surface area contributed by atoms with E-state index in [0.717, 1.165) is 11.4 Å². The van der Waals surface area contributed by atoms with Crippen molar-refractivity contribution in [1.29, 1.82) is 0 Å². The lowest BCUT2D eigenvalue weighted by Crippen LogP contribution is -2.23. The number of carbonyl (C=O) groups is 1. The van der Waals surface area contributed by atoms with Crippen molar-refractivity contribution in [2.45, 2.75) is 26.4 Å². The molecule has 0 saturated heterocycles. The van der Waals surface area contributed by atoms with Gasteiger partial charge in [0.25, 0.3) is 0 Å². The van der Waals surface area contributed by atoms with Crippen LogP contribution in [0.1, 0.15) is 23.5 Å².